The molecule has 5 aromatic carbocycles. The lowest BCUT2D eigenvalue weighted by Gasteiger charge is -2.39. The maximum absolute atomic E-state index is 15.7. The summed E-state index contributed by atoms with van der Waals surface area (Å²) in [4.78, 5) is 0. The summed E-state index contributed by atoms with van der Waals surface area (Å²) >= 11 is 0. The molecular weight excluding hydrogens is 574 g/mol. The third-order valence-electron chi connectivity index (χ3n) is 9.03. The van der Waals surface area contributed by atoms with Gasteiger partial charge in [0, 0.05) is 32.5 Å². The molecule has 218 valence electrons. The van der Waals surface area contributed by atoms with E-state index in [1.807, 2.05) is 72.8 Å². The Bertz CT molecular complexity index is 1880. The van der Waals surface area contributed by atoms with Gasteiger partial charge in [0.15, 0.2) is 7.14 Å². The van der Waals surface area contributed by atoms with Gasteiger partial charge in [-0.15, -0.1) is 0 Å². The Balaban J connectivity index is 1.48. The molecule has 0 radical (unpaired) electrons. The fraction of sp³-hybridized carbons (Fsp3) is 0.150. The van der Waals surface area contributed by atoms with Crippen molar-refractivity contribution in [1.29, 1.82) is 0 Å². The highest BCUT2D eigenvalue weighted by Gasteiger charge is 2.42. The van der Waals surface area contributed by atoms with Crippen LogP contribution in [0.4, 0.5) is 0 Å². The number of ether oxygens (including phenoxy) is 1. The second kappa shape index (κ2) is 11.5. The van der Waals surface area contributed by atoms with E-state index in [0.717, 1.165) is 45.0 Å². The number of rotatable bonds is 6. The Morgan fingerprint density at radius 2 is 1.27 bits per heavy atom. The largest absolute Gasteiger partial charge is 0.455 e. The van der Waals surface area contributed by atoms with Crippen molar-refractivity contribution in [2.24, 2.45) is 5.92 Å². The molecule has 44 heavy (non-hydrogen) atoms. The SMILES string of the molecule is CC1CC=CC=C1P(c1ccccc1)c1cccc2c1Oc1c(cccc1P(=O)(c1ccccc1)c1ccccc1)C2(C)C. The lowest BCUT2D eigenvalue weighted by atomic mass is 9.76. The summed E-state index contributed by atoms with van der Waals surface area (Å²) < 4.78 is 22.8. The van der Waals surface area contributed by atoms with E-state index < -0.39 is 15.1 Å². The number of hydrogen-bond donors (Lipinski definition) is 0. The second-order valence-corrected chi connectivity index (χ2v) is 17.1. The van der Waals surface area contributed by atoms with Crippen LogP contribution in [0.3, 0.4) is 0 Å². The number of allylic oxidation sites excluding steroid dienone is 4. The normalized spacial score (nSPS) is 17.5. The zero-order chi connectivity index (χ0) is 30.3. The number of hydrogen-bond acceptors (Lipinski definition) is 2. The molecule has 1 aliphatic carbocycles. The van der Waals surface area contributed by atoms with Crippen molar-refractivity contribution < 1.29 is 9.30 Å². The van der Waals surface area contributed by atoms with E-state index in [-0.39, 0.29) is 5.41 Å². The van der Waals surface area contributed by atoms with Crippen molar-refractivity contribution in [3.8, 4) is 11.5 Å². The van der Waals surface area contributed by atoms with Crippen LogP contribution in [0.25, 0.3) is 0 Å². The molecule has 0 spiro atoms. The van der Waals surface area contributed by atoms with Gasteiger partial charge in [-0.1, -0.05) is 160 Å². The molecule has 0 N–H and O–H groups in total. The standard InChI is InChI=1S/C40H36O2P2/c1-29-17-13-14-26-35(29)43(30-18-7-4-8-19-30)36-27-15-24-33-38(36)42-39-34(40(33,2)3)25-16-28-37(39)44(41,31-20-9-5-10-21-31)32-22-11-6-12-23-32/h4-16,18-29H,17H2,1-3H3. The summed E-state index contributed by atoms with van der Waals surface area (Å²) in [6, 6.07) is 43.5. The van der Waals surface area contributed by atoms with Crippen molar-refractivity contribution in [1.82, 2.24) is 0 Å². The van der Waals surface area contributed by atoms with Gasteiger partial charge in [0.2, 0.25) is 0 Å². The molecule has 4 heteroatoms. The second-order valence-electron chi connectivity index (χ2n) is 12.1. The summed E-state index contributed by atoms with van der Waals surface area (Å²) in [5.74, 6) is 2.06. The van der Waals surface area contributed by atoms with Crippen LogP contribution in [-0.2, 0) is 9.98 Å². The monoisotopic (exact) mass is 610 g/mol. The molecule has 0 saturated carbocycles. The maximum Gasteiger partial charge on any atom is 0.174 e. The average Bonchev–Trinajstić information content (AvgIpc) is 3.07. The molecule has 2 aliphatic rings. The third kappa shape index (κ3) is 4.73. The van der Waals surface area contributed by atoms with Gasteiger partial charge < -0.3 is 9.30 Å². The first-order valence-corrected chi connectivity index (χ1v) is 18.3. The van der Waals surface area contributed by atoms with Gasteiger partial charge in [-0.25, -0.2) is 0 Å². The Kier molecular flexibility index (Phi) is 7.54. The molecule has 0 aromatic heterocycles. The summed E-state index contributed by atoms with van der Waals surface area (Å²) in [6.07, 6.45) is 7.82. The van der Waals surface area contributed by atoms with Crippen LogP contribution in [-0.4, -0.2) is 0 Å². The molecule has 2 atom stereocenters. The van der Waals surface area contributed by atoms with Crippen LogP contribution in [0, 0.1) is 5.92 Å². The molecule has 0 saturated heterocycles. The summed E-state index contributed by atoms with van der Waals surface area (Å²) in [5.41, 5.74) is 1.86. The quantitative estimate of drug-likeness (QED) is 0.180. The summed E-state index contributed by atoms with van der Waals surface area (Å²) in [5, 5.41) is 6.32. The predicted molar refractivity (Wildman–Crippen MR) is 188 cm³/mol. The summed E-state index contributed by atoms with van der Waals surface area (Å²) in [6.45, 7) is 6.87. The highest BCUT2D eigenvalue weighted by molar-refractivity contribution is 7.85. The van der Waals surface area contributed by atoms with Crippen molar-refractivity contribution in [3.63, 3.8) is 0 Å². The molecule has 1 aliphatic heterocycles. The molecule has 0 amide bonds. The van der Waals surface area contributed by atoms with Crippen LogP contribution in [0.1, 0.15) is 38.3 Å². The van der Waals surface area contributed by atoms with Crippen LogP contribution >= 0.6 is 15.1 Å². The lowest BCUT2D eigenvalue weighted by molar-refractivity contribution is 0.424. The van der Waals surface area contributed by atoms with E-state index >= 15 is 4.57 Å². The minimum atomic E-state index is -3.28. The average molecular weight is 611 g/mol. The Hall–Kier alpha value is -3.96. The zero-order valence-corrected chi connectivity index (χ0v) is 27.1. The molecule has 5 aromatic rings. The van der Waals surface area contributed by atoms with Crippen molar-refractivity contribution in [2.45, 2.75) is 32.6 Å². The van der Waals surface area contributed by atoms with E-state index in [0.29, 0.717) is 5.92 Å². The van der Waals surface area contributed by atoms with E-state index in [9.17, 15) is 0 Å². The maximum atomic E-state index is 15.7. The van der Waals surface area contributed by atoms with Gasteiger partial charge in [0.1, 0.15) is 11.5 Å². The fourth-order valence-corrected chi connectivity index (χ4v) is 12.2. The molecule has 7 rings (SSSR count). The number of benzene rings is 5. The lowest BCUT2D eigenvalue weighted by Crippen LogP contribution is -2.33. The van der Waals surface area contributed by atoms with E-state index in [2.05, 4.69) is 93.6 Å². The fourth-order valence-electron chi connectivity index (χ4n) is 6.66. The van der Waals surface area contributed by atoms with Gasteiger partial charge in [-0.2, -0.15) is 0 Å². The van der Waals surface area contributed by atoms with Crippen LogP contribution < -0.4 is 31.3 Å². The molecule has 1 heterocycles. The summed E-state index contributed by atoms with van der Waals surface area (Å²) in [7, 11) is -4.14. The molecular formula is C40H36O2P2. The van der Waals surface area contributed by atoms with Crippen molar-refractivity contribution in [3.05, 3.63) is 162 Å². The van der Waals surface area contributed by atoms with E-state index in [1.54, 1.807) is 0 Å². The highest BCUT2D eigenvalue weighted by atomic mass is 31.2. The molecule has 2 nitrogen and oxygen atoms in total. The zero-order valence-electron chi connectivity index (χ0n) is 25.4. The minimum Gasteiger partial charge on any atom is -0.455 e. The van der Waals surface area contributed by atoms with Gasteiger partial charge in [0.05, 0.1) is 5.30 Å². The van der Waals surface area contributed by atoms with E-state index in [1.165, 1.54) is 15.9 Å². The van der Waals surface area contributed by atoms with Crippen molar-refractivity contribution >= 4 is 41.6 Å². The molecule has 0 fully saturated rings. The van der Waals surface area contributed by atoms with Gasteiger partial charge in [-0.05, 0) is 36.9 Å². The first-order valence-electron chi connectivity index (χ1n) is 15.3. The van der Waals surface area contributed by atoms with E-state index in [4.69, 9.17) is 4.74 Å². The van der Waals surface area contributed by atoms with Crippen LogP contribution in [0.15, 0.2) is 151 Å². The number of para-hydroxylation sites is 2. The topological polar surface area (TPSA) is 26.3 Å². The third-order valence-corrected chi connectivity index (χ3v) is 14.9. The Morgan fingerprint density at radius 3 is 1.89 bits per heavy atom. The van der Waals surface area contributed by atoms with Crippen molar-refractivity contribution in [2.75, 3.05) is 0 Å². The van der Waals surface area contributed by atoms with Gasteiger partial charge in [0.25, 0.3) is 0 Å². The Morgan fingerprint density at radius 1 is 0.705 bits per heavy atom. The predicted octanol–water partition coefficient (Wildman–Crippen LogP) is 8.67. The van der Waals surface area contributed by atoms with Crippen LogP contribution in [0.2, 0.25) is 0 Å². The number of fused-ring (bicyclic) bond motifs is 2. The highest BCUT2D eigenvalue weighted by Crippen LogP contribution is 2.56. The first kappa shape index (κ1) is 28.8. The molecule has 0 bridgehead atoms. The first-order chi connectivity index (χ1) is 21.4. The molecule has 2 unspecified atom stereocenters. The van der Waals surface area contributed by atoms with Crippen LogP contribution in [0.5, 0.6) is 11.5 Å². The van der Waals surface area contributed by atoms with Gasteiger partial charge in [-0.3, -0.25) is 0 Å². The Labute approximate surface area is 262 Å². The smallest absolute Gasteiger partial charge is 0.174 e. The van der Waals surface area contributed by atoms with Gasteiger partial charge >= 0.3 is 0 Å². The minimum absolute atomic E-state index is 0.364.